The predicted molar refractivity (Wildman–Crippen MR) is 71.2 cm³/mol. The topological polar surface area (TPSA) is 97.4 Å². The van der Waals surface area contributed by atoms with Gasteiger partial charge in [0.1, 0.15) is 11.5 Å². The molecule has 0 radical (unpaired) electrons. The standard InChI is InChI=1S/C11H12F3N3O3.ClH/c1-19-7-4-8(20-2)6(11(12,13)14)3-5(7)9(18)17-10(15)16;/h3-4H,1-2H3,(H4,15,16,17,18);1H. The Balaban J connectivity index is 0.00000400. The van der Waals surface area contributed by atoms with Crippen LogP contribution in [0.3, 0.4) is 0 Å². The predicted octanol–water partition coefficient (Wildman–Crippen LogP) is 1.77. The van der Waals surface area contributed by atoms with E-state index in [2.05, 4.69) is 4.74 Å². The Bertz CT molecular complexity index is 549. The van der Waals surface area contributed by atoms with Gasteiger partial charge in [-0.3, -0.25) is 15.5 Å². The van der Waals surface area contributed by atoms with E-state index in [-0.39, 0.29) is 18.2 Å². The van der Waals surface area contributed by atoms with E-state index in [0.717, 1.165) is 13.2 Å². The first-order valence-electron chi connectivity index (χ1n) is 5.19. The van der Waals surface area contributed by atoms with E-state index < -0.39 is 34.9 Å². The van der Waals surface area contributed by atoms with Gasteiger partial charge in [-0.25, -0.2) is 0 Å². The summed E-state index contributed by atoms with van der Waals surface area (Å²) in [6.45, 7) is 0. The second-order valence-electron chi connectivity index (χ2n) is 3.62. The van der Waals surface area contributed by atoms with E-state index >= 15 is 0 Å². The molecule has 1 aromatic rings. The number of nitrogens with one attached hydrogen (secondary N) is 2. The van der Waals surface area contributed by atoms with E-state index in [4.69, 9.17) is 15.9 Å². The van der Waals surface area contributed by atoms with Crippen LogP contribution in [0.5, 0.6) is 11.5 Å². The number of carbonyl (C=O) groups is 1. The molecule has 0 unspecified atom stereocenters. The maximum atomic E-state index is 12.9. The molecule has 1 rings (SSSR count). The number of benzene rings is 1. The van der Waals surface area contributed by atoms with Crippen molar-refractivity contribution in [1.82, 2.24) is 5.32 Å². The SMILES string of the molecule is COc1cc(OC)c(C(F)(F)F)cc1C(=O)NC(=N)N.Cl. The normalized spacial score (nSPS) is 10.3. The number of guanidine groups is 1. The van der Waals surface area contributed by atoms with Gasteiger partial charge in [0.15, 0.2) is 5.96 Å². The molecule has 1 amide bonds. The van der Waals surface area contributed by atoms with Crippen molar-refractivity contribution in [3.63, 3.8) is 0 Å². The van der Waals surface area contributed by atoms with Crippen LogP contribution < -0.4 is 20.5 Å². The Morgan fingerprint density at radius 1 is 1.24 bits per heavy atom. The van der Waals surface area contributed by atoms with Crippen molar-refractivity contribution >= 4 is 24.3 Å². The highest BCUT2D eigenvalue weighted by atomic mass is 35.5. The molecular weight excluding hydrogens is 315 g/mol. The summed E-state index contributed by atoms with van der Waals surface area (Å²) < 4.78 is 48.0. The first kappa shape index (κ1) is 18.8. The van der Waals surface area contributed by atoms with Crippen molar-refractivity contribution in [3.05, 3.63) is 23.3 Å². The van der Waals surface area contributed by atoms with Gasteiger partial charge >= 0.3 is 6.18 Å². The highest BCUT2D eigenvalue weighted by Gasteiger charge is 2.36. The number of ether oxygens (including phenoxy) is 2. The van der Waals surface area contributed by atoms with Gasteiger partial charge in [0.25, 0.3) is 5.91 Å². The molecule has 0 saturated carbocycles. The number of hydrogen-bond acceptors (Lipinski definition) is 4. The number of halogens is 4. The third-order valence-corrected chi connectivity index (χ3v) is 2.32. The van der Waals surface area contributed by atoms with E-state index in [1.807, 2.05) is 5.32 Å². The third-order valence-electron chi connectivity index (χ3n) is 2.32. The van der Waals surface area contributed by atoms with Crippen LogP contribution in [0.4, 0.5) is 13.2 Å². The van der Waals surface area contributed by atoms with Crippen LogP contribution in [-0.2, 0) is 6.18 Å². The Hall–Kier alpha value is -2.16. The minimum Gasteiger partial charge on any atom is -0.496 e. The fourth-order valence-electron chi connectivity index (χ4n) is 1.49. The van der Waals surface area contributed by atoms with Crippen molar-refractivity contribution < 1.29 is 27.4 Å². The van der Waals surface area contributed by atoms with Crippen LogP contribution in [0.15, 0.2) is 12.1 Å². The zero-order chi connectivity index (χ0) is 15.5. The van der Waals surface area contributed by atoms with Crippen LogP contribution in [0.2, 0.25) is 0 Å². The van der Waals surface area contributed by atoms with Crippen molar-refractivity contribution in [2.75, 3.05) is 14.2 Å². The molecule has 10 heteroatoms. The fourth-order valence-corrected chi connectivity index (χ4v) is 1.49. The lowest BCUT2D eigenvalue weighted by Gasteiger charge is -2.16. The lowest BCUT2D eigenvalue weighted by atomic mass is 10.1. The number of alkyl halides is 3. The summed E-state index contributed by atoms with van der Waals surface area (Å²) >= 11 is 0. The van der Waals surface area contributed by atoms with Gasteiger partial charge in [0.05, 0.1) is 25.3 Å². The molecule has 6 nitrogen and oxygen atoms in total. The monoisotopic (exact) mass is 327 g/mol. The van der Waals surface area contributed by atoms with Crippen molar-refractivity contribution in [2.24, 2.45) is 5.73 Å². The number of rotatable bonds is 3. The number of carbonyl (C=O) groups excluding carboxylic acids is 1. The number of hydrogen-bond donors (Lipinski definition) is 3. The molecule has 0 bridgehead atoms. The summed E-state index contributed by atoms with van der Waals surface area (Å²) in [6, 6.07) is 1.52. The summed E-state index contributed by atoms with van der Waals surface area (Å²) in [5.41, 5.74) is 3.43. The Labute approximate surface area is 124 Å². The average molecular weight is 328 g/mol. The quantitative estimate of drug-likeness (QED) is 0.582. The molecule has 0 heterocycles. The summed E-state index contributed by atoms with van der Waals surface area (Å²) in [5.74, 6) is -2.29. The molecule has 0 spiro atoms. The summed E-state index contributed by atoms with van der Waals surface area (Å²) in [6.07, 6.45) is -4.71. The fraction of sp³-hybridized carbons (Fsp3) is 0.273. The summed E-state index contributed by atoms with van der Waals surface area (Å²) in [7, 11) is 2.26. The molecular formula is C11H13ClF3N3O3. The highest BCUT2D eigenvalue weighted by Crippen LogP contribution is 2.39. The van der Waals surface area contributed by atoms with E-state index in [1.165, 1.54) is 7.11 Å². The zero-order valence-electron chi connectivity index (χ0n) is 11.0. The van der Waals surface area contributed by atoms with E-state index in [1.54, 1.807) is 0 Å². The molecule has 0 aliphatic rings. The van der Waals surface area contributed by atoms with Crippen molar-refractivity contribution in [2.45, 2.75) is 6.18 Å². The second kappa shape index (κ2) is 7.02. The van der Waals surface area contributed by atoms with Crippen molar-refractivity contribution in [1.29, 1.82) is 5.41 Å². The van der Waals surface area contributed by atoms with Gasteiger partial charge in [-0.2, -0.15) is 13.2 Å². The molecule has 118 valence electrons. The summed E-state index contributed by atoms with van der Waals surface area (Å²) in [5, 5.41) is 8.80. The van der Waals surface area contributed by atoms with Gasteiger partial charge < -0.3 is 15.2 Å². The molecule has 1 aromatic carbocycles. The average Bonchev–Trinajstić information content (AvgIpc) is 2.34. The molecule has 0 aliphatic carbocycles. The largest absolute Gasteiger partial charge is 0.496 e. The van der Waals surface area contributed by atoms with E-state index in [0.29, 0.717) is 6.07 Å². The molecule has 0 saturated heterocycles. The van der Waals surface area contributed by atoms with Crippen LogP contribution in [0, 0.1) is 5.41 Å². The van der Waals surface area contributed by atoms with Crippen molar-refractivity contribution in [3.8, 4) is 11.5 Å². The number of methoxy groups -OCH3 is 2. The van der Waals surface area contributed by atoms with E-state index in [9.17, 15) is 18.0 Å². The zero-order valence-corrected chi connectivity index (χ0v) is 11.8. The smallest absolute Gasteiger partial charge is 0.419 e. The van der Waals surface area contributed by atoms with Gasteiger partial charge in [-0.1, -0.05) is 0 Å². The minimum atomic E-state index is -4.71. The van der Waals surface area contributed by atoms with Crippen LogP contribution in [0.1, 0.15) is 15.9 Å². The maximum absolute atomic E-state index is 12.9. The lowest BCUT2D eigenvalue weighted by molar-refractivity contribution is -0.138. The molecule has 0 aromatic heterocycles. The molecule has 0 atom stereocenters. The molecule has 21 heavy (non-hydrogen) atoms. The van der Waals surface area contributed by atoms with Crippen LogP contribution in [-0.4, -0.2) is 26.1 Å². The number of amides is 1. The minimum absolute atomic E-state index is 0. The summed E-state index contributed by atoms with van der Waals surface area (Å²) in [4.78, 5) is 11.7. The Kier molecular flexibility index (Phi) is 6.30. The Morgan fingerprint density at radius 2 is 1.76 bits per heavy atom. The maximum Gasteiger partial charge on any atom is 0.419 e. The first-order chi connectivity index (χ1) is 9.20. The first-order valence-corrected chi connectivity index (χ1v) is 5.19. The van der Waals surface area contributed by atoms with Crippen LogP contribution >= 0.6 is 12.4 Å². The van der Waals surface area contributed by atoms with Crippen LogP contribution in [0.25, 0.3) is 0 Å². The Morgan fingerprint density at radius 3 is 2.14 bits per heavy atom. The lowest BCUT2D eigenvalue weighted by Crippen LogP contribution is -2.36. The highest BCUT2D eigenvalue weighted by molar-refractivity contribution is 6.06. The second-order valence-corrected chi connectivity index (χ2v) is 3.62. The molecule has 4 N–H and O–H groups in total. The third kappa shape index (κ3) is 4.42. The molecule has 0 fully saturated rings. The molecule has 0 aliphatic heterocycles. The van der Waals surface area contributed by atoms with Gasteiger partial charge in [0.2, 0.25) is 0 Å². The van der Waals surface area contributed by atoms with Gasteiger partial charge in [-0.15, -0.1) is 12.4 Å². The number of nitrogens with two attached hydrogens (primary N) is 1. The van der Waals surface area contributed by atoms with Gasteiger partial charge in [0, 0.05) is 6.07 Å². The van der Waals surface area contributed by atoms with Gasteiger partial charge in [-0.05, 0) is 6.07 Å².